The molecule has 2 aromatic carbocycles. The first kappa shape index (κ1) is 29.2. The summed E-state index contributed by atoms with van der Waals surface area (Å²) in [6.45, 7) is 12.0. The molecule has 1 N–H and O–H groups in total. The highest BCUT2D eigenvalue weighted by Crippen LogP contribution is 2.37. The van der Waals surface area contributed by atoms with E-state index in [4.69, 9.17) is 0 Å². The summed E-state index contributed by atoms with van der Waals surface area (Å²) in [5.41, 5.74) is 2.77. The Morgan fingerprint density at radius 3 is 2.00 bits per heavy atom. The number of allylic oxidation sites excluding steroid dienone is 3. The van der Waals surface area contributed by atoms with E-state index >= 15 is 0 Å². The second kappa shape index (κ2) is 15.2. The van der Waals surface area contributed by atoms with Crippen molar-refractivity contribution in [2.24, 2.45) is 5.92 Å². The molecule has 0 radical (unpaired) electrons. The van der Waals surface area contributed by atoms with Crippen molar-refractivity contribution in [3.05, 3.63) is 89.5 Å². The minimum Gasteiger partial charge on any atom is -0.388 e. The van der Waals surface area contributed by atoms with Crippen LogP contribution in [0.25, 0.3) is 0 Å². The number of aliphatic hydroxyl groups excluding tert-OH is 1. The Hall–Kier alpha value is -2.79. The minimum absolute atomic E-state index is 0.0173. The number of carbonyl (C=O) groups excluding carboxylic acids is 1. The Kier molecular flexibility index (Phi) is 13.1. The van der Waals surface area contributed by atoms with Crippen LogP contribution in [0.1, 0.15) is 72.5 Å². The van der Waals surface area contributed by atoms with Crippen molar-refractivity contribution in [1.29, 1.82) is 0 Å². The highest BCUT2D eigenvalue weighted by Gasteiger charge is 2.46. The van der Waals surface area contributed by atoms with Crippen molar-refractivity contribution < 1.29 is 18.7 Å². The van der Waals surface area contributed by atoms with Gasteiger partial charge in [0.05, 0.1) is 18.1 Å². The van der Waals surface area contributed by atoms with E-state index in [0.717, 1.165) is 24.1 Å². The molecule has 1 heterocycles. The molecule has 3 nitrogen and oxygen atoms in total. The summed E-state index contributed by atoms with van der Waals surface area (Å²) in [5, 5.41) is 9.30. The molecule has 3 unspecified atom stereocenters. The van der Waals surface area contributed by atoms with E-state index in [1.165, 1.54) is 29.8 Å². The first-order chi connectivity index (χ1) is 16.3. The lowest BCUT2D eigenvalue weighted by Gasteiger charge is -2.47. The number of amides is 1. The summed E-state index contributed by atoms with van der Waals surface area (Å²) < 4.78 is 25.4. The second-order valence-electron chi connectivity index (χ2n) is 7.83. The van der Waals surface area contributed by atoms with Crippen LogP contribution < -0.4 is 4.90 Å². The largest absolute Gasteiger partial charge is 0.388 e. The molecule has 0 bridgehead atoms. The number of benzene rings is 2. The highest BCUT2D eigenvalue weighted by atomic mass is 19.1. The smallest absolute Gasteiger partial charge is 0.232 e. The zero-order valence-electron chi connectivity index (χ0n) is 21.3. The zero-order valence-corrected chi connectivity index (χ0v) is 21.3. The summed E-state index contributed by atoms with van der Waals surface area (Å²) in [6.07, 6.45) is 8.34. The van der Waals surface area contributed by atoms with Gasteiger partial charge in [0.1, 0.15) is 11.6 Å². The van der Waals surface area contributed by atoms with Gasteiger partial charge >= 0.3 is 0 Å². The van der Waals surface area contributed by atoms with Gasteiger partial charge in [-0.05, 0) is 66.8 Å². The number of rotatable bonds is 7. The van der Waals surface area contributed by atoms with E-state index in [-0.39, 0.29) is 29.5 Å². The topological polar surface area (TPSA) is 40.5 Å². The maximum Gasteiger partial charge on any atom is 0.232 e. The lowest BCUT2D eigenvalue weighted by molar-refractivity contribution is -0.128. The third-order valence-electron chi connectivity index (χ3n) is 5.60. The number of aliphatic hydroxyl groups is 1. The quantitative estimate of drug-likeness (QED) is 0.331. The van der Waals surface area contributed by atoms with Crippen molar-refractivity contribution in [2.75, 3.05) is 4.90 Å². The number of β-lactam (4-membered cyclic amide) rings is 1. The summed E-state index contributed by atoms with van der Waals surface area (Å²) in [7, 11) is 0. The third kappa shape index (κ3) is 7.91. The fraction of sp³-hybridized carbons (Fsp3) is 0.414. The summed E-state index contributed by atoms with van der Waals surface area (Å²) >= 11 is 0. The number of hydrogen-bond donors (Lipinski definition) is 1. The van der Waals surface area contributed by atoms with Gasteiger partial charge in [-0.15, -0.1) is 0 Å². The van der Waals surface area contributed by atoms with E-state index in [1.54, 1.807) is 29.2 Å². The molecule has 0 aromatic heterocycles. The summed E-state index contributed by atoms with van der Waals surface area (Å²) in [6, 6.07) is 12.1. The Morgan fingerprint density at radius 2 is 1.53 bits per heavy atom. The van der Waals surface area contributed by atoms with Gasteiger partial charge in [-0.2, -0.15) is 0 Å². The Labute approximate surface area is 203 Å². The molecule has 1 saturated heterocycles. The molecule has 34 heavy (non-hydrogen) atoms. The van der Waals surface area contributed by atoms with Crippen LogP contribution in [0.3, 0.4) is 0 Å². The number of anilines is 1. The molecule has 0 spiro atoms. The van der Waals surface area contributed by atoms with E-state index in [0.29, 0.717) is 6.42 Å². The minimum atomic E-state index is -0.462. The van der Waals surface area contributed by atoms with Crippen LogP contribution in [0.2, 0.25) is 0 Å². The van der Waals surface area contributed by atoms with Gasteiger partial charge in [-0.25, -0.2) is 8.78 Å². The van der Waals surface area contributed by atoms with Crippen molar-refractivity contribution in [3.8, 4) is 0 Å². The highest BCUT2D eigenvalue weighted by molar-refractivity contribution is 6.03. The SMILES string of the molecule is CC.CC/C=C\C=C(/CC)C1C(C)C(=O)N1c1ccc(F)cc1.CCC(O)c1ccc(F)cc1. The number of halogens is 2. The van der Waals surface area contributed by atoms with Crippen molar-refractivity contribution in [1.82, 2.24) is 0 Å². The van der Waals surface area contributed by atoms with Gasteiger partial charge < -0.3 is 10.0 Å². The maximum absolute atomic E-state index is 13.0. The van der Waals surface area contributed by atoms with E-state index < -0.39 is 6.10 Å². The van der Waals surface area contributed by atoms with E-state index in [2.05, 4.69) is 32.1 Å². The standard InChI is InChI=1S/C18H22FNO.C9H11FO.C2H6/c1-4-6-7-8-14(5-2)17-13(3)18(21)20(17)16-11-9-15(19)10-12-16;1-2-9(11)7-3-5-8(10)6-4-7;1-2/h6-13,17H,4-5H2,1-3H3;3-6,9,11H,2H2,1H3;1-2H3/b7-6-,14-8+;;. The average Bonchev–Trinajstić information content (AvgIpc) is 2.87. The molecule has 3 rings (SSSR count). The molecule has 5 heteroatoms. The van der Waals surface area contributed by atoms with Gasteiger partial charge in [-0.1, -0.05) is 71.9 Å². The van der Waals surface area contributed by atoms with Crippen molar-refractivity contribution in [3.63, 3.8) is 0 Å². The van der Waals surface area contributed by atoms with Crippen LogP contribution in [0.15, 0.2) is 72.3 Å². The molecular weight excluding hydrogens is 432 g/mol. The monoisotopic (exact) mass is 471 g/mol. The second-order valence-corrected chi connectivity index (χ2v) is 7.83. The number of hydrogen-bond acceptors (Lipinski definition) is 2. The van der Waals surface area contributed by atoms with Crippen molar-refractivity contribution in [2.45, 2.75) is 73.0 Å². The number of carbonyl (C=O) groups is 1. The molecule has 0 saturated carbocycles. The van der Waals surface area contributed by atoms with Gasteiger partial charge in [0.2, 0.25) is 5.91 Å². The molecule has 3 atom stereocenters. The Morgan fingerprint density at radius 1 is 1.00 bits per heavy atom. The van der Waals surface area contributed by atoms with Crippen molar-refractivity contribution >= 4 is 11.6 Å². The van der Waals surface area contributed by atoms with Crippen LogP contribution in [-0.2, 0) is 4.79 Å². The van der Waals surface area contributed by atoms with Crippen LogP contribution in [0.4, 0.5) is 14.5 Å². The van der Waals surface area contributed by atoms with Crippen LogP contribution in [0.5, 0.6) is 0 Å². The first-order valence-corrected chi connectivity index (χ1v) is 12.2. The predicted octanol–water partition coefficient (Wildman–Crippen LogP) is 7.77. The average molecular weight is 472 g/mol. The van der Waals surface area contributed by atoms with Crippen LogP contribution >= 0.6 is 0 Å². The first-order valence-electron chi connectivity index (χ1n) is 12.2. The fourth-order valence-corrected chi connectivity index (χ4v) is 3.68. The molecule has 0 aliphatic carbocycles. The Bertz CT molecular complexity index is 920. The third-order valence-corrected chi connectivity index (χ3v) is 5.60. The van der Waals surface area contributed by atoms with Gasteiger partial charge in [0.25, 0.3) is 0 Å². The molecule has 186 valence electrons. The lowest BCUT2D eigenvalue weighted by atomic mass is 9.81. The summed E-state index contributed by atoms with van der Waals surface area (Å²) in [5.74, 6) is -0.466. The maximum atomic E-state index is 13.0. The molecular formula is C29H39F2NO2. The molecule has 1 amide bonds. The molecule has 2 aromatic rings. The number of nitrogens with zero attached hydrogens (tertiary/aromatic N) is 1. The van der Waals surface area contributed by atoms with Crippen LogP contribution in [0, 0.1) is 17.6 Å². The van der Waals surface area contributed by atoms with Crippen LogP contribution in [-0.4, -0.2) is 17.1 Å². The lowest BCUT2D eigenvalue weighted by Crippen LogP contribution is -2.61. The Balaban J connectivity index is 0.000000374. The molecule has 1 aliphatic heterocycles. The molecule has 1 fully saturated rings. The normalized spacial score (nSPS) is 18.4. The van der Waals surface area contributed by atoms with E-state index in [9.17, 15) is 18.7 Å². The van der Waals surface area contributed by atoms with Gasteiger partial charge in [0.15, 0.2) is 0 Å². The predicted molar refractivity (Wildman–Crippen MR) is 138 cm³/mol. The fourth-order valence-electron chi connectivity index (χ4n) is 3.68. The zero-order chi connectivity index (χ0) is 25.7. The van der Waals surface area contributed by atoms with E-state index in [1.807, 2.05) is 27.7 Å². The summed E-state index contributed by atoms with van der Waals surface area (Å²) in [4.78, 5) is 14.0. The van der Waals surface area contributed by atoms with Gasteiger partial charge in [0, 0.05) is 5.69 Å². The van der Waals surface area contributed by atoms with Gasteiger partial charge in [-0.3, -0.25) is 4.79 Å². The molecule has 1 aliphatic rings.